The Morgan fingerprint density at radius 1 is 1.43 bits per heavy atom. The molecular formula is C14H16Br2N2O3. The molecule has 0 bridgehead atoms. The van der Waals surface area contributed by atoms with E-state index in [0.717, 1.165) is 21.8 Å². The zero-order valence-corrected chi connectivity index (χ0v) is 14.7. The van der Waals surface area contributed by atoms with E-state index in [-0.39, 0.29) is 11.9 Å². The summed E-state index contributed by atoms with van der Waals surface area (Å²) in [6, 6.07) is 3.55. The van der Waals surface area contributed by atoms with Gasteiger partial charge in [0.15, 0.2) is 0 Å². The third-order valence-electron chi connectivity index (χ3n) is 3.29. The topological polar surface area (TPSA) is 67.4 Å². The van der Waals surface area contributed by atoms with Gasteiger partial charge in [-0.05, 0) is 40.9 Å². The van der Waals surface area contributed by atoms with E-state index in [1.165, 1.54) is 7.11 Å². The lowest BCUT2D eigenvalue weighted by molar-refractivity contribution is -0.120. The van der Waals surface area contributed by atoms with E-state index in [1.54, 1.807) is 6.07 Å². The number of hydrogen-bond donors (Lipinski definition) is 2. The molecule has 1 fully saturated rings. The number of methoxy groups -OCH3 is 1. The van der Waals surface area contributed by atoms with Crippen molar-refractivity contribution in [3.05, 3.63) is 26.6 Å². The van der Waals surface area contributed by atoms with Crippen LogP contribution in [0.2, 0.25) is 0 Å². The highest BCUT2D eigenvalue weighted by atomic mass is 79.9. The van der Waals surface area contributed by atoms with Crippen molar-refractivity contribution in [1.29, 1.82) is 0 Å². The van der Waals surface area contributed by atoms with Crippen molar-refractivity contribution < 1.29 is 14.3 Å². The fourth-order valence-corrected chi connectivity index (χ4v) is 3.63. The van der Waals surface area contributed by atoms with E-state index in [0.29, 0.717) is 24.2 Å². The molecule has 0 aromatic heterocycles. The van der Waals surface area contributed by atoms with Crippen molar-refractivity contribution in [2.75, 3.05) is 19.0 Å². The minimum absolute atomic E-state index is 0.00613. The number of amides is 1. The van der Waals surface area contributed by atoms with Crippen molar-refractivity contribution in [1.82, 2.24) is 5.32 Å². The maximum atomic E-state index is 11.9. The van der Waals surface area contributed by atoms with Crippen LogP contribution in [0.5, 0.6) is 0 Å². The zero-order valence-electron chi connectivity index (χ0n) is 11.5. The van der Waals surface area contributed by atoms with E-state index >= 15 is 0 Å². The molecule has 1 atom stereocenters. The lowest BCUT2D eigenvalue weighted by Crippen LogP contribution is -2.27. The molecule has 1 amide bonds. The van der Waals surface area contributed by atoms with E-state index < -0.39 is 5.97 Å². The van der Waals surface area contributed by atoms with Crippen LogP contribution in [0.15, 0.2) is 21.1 Å². The third-order valence-corrected chi connectivity index (χ3v) is 4.38. The molecule has 114 valence electrons. The molecule has 2 N–H and O–H groups in total. The summed E-state index contributed by atoms with van der Waals surface area (Å²) >= 11 is 6.82. The molecule has 0 aliphatic carbocycles. The first-order valence-corrected chi connectivity index (χ1v) is 8.20. The maximum Gasteiger partial charge on any atom is 0.340 e. The highest BCUT2D eigenvalue weighted by molar-refractivity contribution is 9.11. The fraction of sp³-hybridized carbons (Fsp3) is 0.429. The molecule has 1 unspecified atom stereocenters. The summed E-state index contributed by atoms with van der Waals surface area (Å²) in [7, 11) is 1.35. The van der Waals surface area contributed by atoms with Crippen LogP contribution in [0.4, 0.5) is 5.69 Å². The van der Waals surface area contributed by atoms with E-state index in [9.17, 15) is 9.59 Å². The number of rotatable bonds is 3. The van der Waals surface area contributed by atoms with Crippen molar-refractivity contribution in [2.45, 2.75) is 25.3 Å². The van der Waals surface area contributed by atoms with Crippen LogP contribution in [0.25, 0.3) is 0 Å². The number of esters is 1. The summed E-state index contributed by atoms with van der Waals surface area (Å²) in [6.45, 7) is 0.697. The van der Waals surface area contributed by atoms with Gasteiger partial charge >= 0.3 is 5.97 Å². The van der Waals surface area contributed by atoms with Gasteiger partial charge in [-0.2, -0.15) is 0 Å². The Morgan fingerprint density at radius 3 is 2.90 bits per heavy atom. The second-order valence-corrected chi connectivity index (χ2v) is 6.61. The maximum absolute atomic E-state index is 11.9. The number of ether oxygens (including phenoxy) is 1. The van der Waals surface area contributed by atoms with Crippen LogP contribution in [-0.4, -0.2) is 31.6 Å². The Kier molecular flexibility index (Phi) is 5.64. The number of hydrogen-bond acceptors (Lipinski definition) is 4. The van der Waals surface area contributed by atoms with Gasteiger partial charge in [0.25, 0.3) is 0 Å². The van der Waals surface area contributed by atoms with Gasteiger partial charge in [0.05, 0.1) is 18.4 Å². The predicted molar refractivity (Wildman–Crippen MR) is 87.5 cm³/mol. The van der Waals surface area contributed by atoms with Crippen LogP contribution in [0, 0.1) is 0 Å². The van der Waals surface area contributed by atoms with Crippen molar-refractivity contribution in [3.8, 4) is 0 Å². The first kappa shape index (κ1) is 16.3. The molecular weight excluding hydrogens is 404 g/mol. The Bertz CT molecular complexity index is 563. The van der Waals surface area contributed by atoms with Crippen LogP contribution < -0.4 is 10.6 Å². The van der Waals surface area contributed by atoms with Gasteiger partial charge < -0.3 is 15.4 Å². The van der Waals surface area contributed by atoms with Crippen LogP contribution in [0.3, 0.4) is 0 Å². The lowest BCUT2D eigenvalue weighted by atomic mass is 10.1. The van der Waals surface area contributed by atoms with Gasteiger partial charge in [-0.1, -0.05) is 15.9 Å². The summed E-state index contributed by atoms with van der Waals surface area (Å²) in [6.07, 6.45) is 2.16. The molecule has 1 heterocycles. The molecule has 5 nitrogen and oxygen atoms in total. The summed E-state index contributed by atoms with van der Waals surface area (Å²) in [5, 5.41) is 6.14. The average Bonchev–Trinajstić information content (AvgIpc) is 2.64. The molecule has 0 saturated carbocycles. The summed E-state index contributed by atoms with van der Waals surface area (Å²) in [4.78, 5) is 23.6. The molecule has 0 spiro atoms. The van der Waals surface area contributed by atoms with Crippen LogP contribution in [0.1, 0.15) is 29.6 Å². The van der Waals surface area contributed by atoms with Crippen molar-refractivity contribution in [2.24, 2.45) is 0 Å². The molecule has 1 saturated heterocycles. The highest BCUT2D eigenvalue weighted by Crippen LogP contribution is 2.32. The Labute approximate surface area is 140 Å². The van der Waals surface area contributed by atoms with E-state index in [1.807, 2.05) is 6.07 Å². The minimum Gasteiger partial charge on any atom is -0.465 e. The fourth-order valence-electron chi connectivity index (χ4n) is 2.29. The number of benzene rings is 1. The first-order chi connectivity index (χ1) is 10.0. The second kappa shape index (κ2) is 7.26. The molecule has 1 aromatic carbocycles. The summed E-state index contributed by atoms with van der Waals surface area (Å²) in [5.41, 5.74) is 1.09. The van der Waals surface area contributed by atoms with Gasteiger partial charge in [-0.15, -0.1) is 0 Å². The van der Waals surface area contributed by atoms with Crippen molar-refractivity contribution >= 4 is 49.4 Å². The zero-order chi connectivity index (χ0) is 15.4. The molecule has 1 aromatic rings. The minimum atomic E-state index is -0.419. The number of nitrogens with one attached hydrogen (secondary N) is 2. The van der Waals surface area contributed by atoms with Gasteiger partial charge in [0.1, 0.15) is 0 Å². The normalized spacial score (nSPS) is 18.6. The van der Waals surface area contributed by atoms with Crippen molar-refractivity contribution in [3.63, 3.8) is 0 Å². The SMILES string of the molecule is COC(=O)c1cc(Br)cc(Br)c1NC1CCCNC(=O)C1. The monoisotopic (exact) mass is 418 g/mol. The first-order valence-electron chi connectivity index (χ1n) is 6.62. The molecule has 2 rings (SSSR count). The van der Waals surface area contributed by atoms with E-state index in [4.69, 9.17) is 4.74 Å². The number of carbonyl (C=O) groups is 2. The van der Waals surface area contributed by atoms with Gasteiger partial charge in [-0.3, -0.25) is 4.79 Å². The van der Waals surface area contributed by atoms with Gasteiger partial charge in [-0.25, -0.2) is 4.79 Å². The standard InChI is InChI=1S/C14H16Br2N2O3/c1-21-14(20)10-5-8(15)6-11(16)13(10)18-9-3-2-4-17-12(19)7-9/h5-6,9,18H,2-4,7H2,1H3,(H,17,19). The molecule has 0 radical (unpaired) electrons. The Hall–Kier alpha value is -1.08. The molecule has 21 heavy (non-hydrogen) atoms. The molecule has 7 heteroatoms. The van der Waals surface area contributed by atoms with Crippen LogP contribution in [-0.2, 0) is 9.53 Å². The Morgan fingerprint density at radius 2 is 2.19 bits per heavy atom. The van der Waals surface area contributed by atoms with E-state index in [2.05, 4.69) is 42.5 Å². The third kappa shape index (κ3) is 4.20. The molecule has 1 aliphatic rings. The summed E-state index contributed by atoms with van der Waals surface area (Å²) < 4.78 is 6.35. The van der Waals surface area contributed by atoms with Gasteiger partial charge in [0, 0.05) is 28.0 Å². The van der Waals surface area contributed by atoms with Gasteiger partial charge in [0.2, 0.25) is 5.91 Å². The quantitative estimate of drug-likeness (QED) is 0.738. The average molecular weight is 420 g/mol. The highest BCUT2D eigenvalue weighted by Gasteiger charge is 2.22. The molecule has 1 aliphatic heterocycles. The largest absolute Gasteiger partial charge is 0.465 e. The Balaban J connectivity index is 2.29. The smallest absolute Gasteiger partial charge is 0.340 e. The lowest BCUT2D eigenvalue weighted by Gasteiger charge is -2.20. The predicted octanol–water partition coefficient (Wildman–Crippen LogP) is 3.08. The summed E-state index contributed by atoms with van der Waals surface area (Å²) in [5.74, 6) is -0.393. The number of carbonyl (C=O) groups excluding carboxylic acids is 2. The number of anilines is 1. The number of halogens is 2. The second-order valence-electron chi connectivity index (χ2n) is 4.84. The van der Waals surface area contributed by atoms with Crippen LogP contribution >= 0.6 is 31.9 Å².